The van der Waals surface area contributed by atoms with E-state index in [1.165, 1.54) is 7.11 Å². The Hall–Kier alpha value is -3.29. The first-order valence-corrected chi connectivity index (χ1v) is 8.66. The topological polar surface area (TPSA) is 134 Å². The van der Waals surface area contributed by atoms with Gasteiger partial charge in [-0.2, -0.15) is 4.79 Å². The number of Topliss-reactive ketones (excluding diaryl/α,β-unsaturated/α-hetero) is 1. The van der Waals surface area contributed by atoms with Gasteiger partial charge in [0.25, 0.3) is 0 Å². The largest absolute Gasteiger partial charge is 0.480 e. The SMILES string of the molecule is CO[C@@H](Cc1cn(C)c2ccccc12)C(=O)N[C@@H](CCC(=O)C=[N+]=[N-])C(=O)O. The number of benzene rings is 1. The molecule has 1 amide bonds. The number of nitrogens with one attached hydrogen (secondary N) is 1. The van der Waals surface area contributed by atoms with Crippen molar-refractivity contribution in [3.05, 3.63) is 41.6 Å². The van der Waals surface area contributed by atoms with Crippen LogP contribution < -0.4 is 5.32 Å². The van der Waals surface area contributed by atoms with Crippen molar-refractivity contribution in [2.45, 2.75) is 31.4 Å². The second-order valence-corrected chi connectivity index (χ2v) is 6.36. The van der Waals surface area contributed by atoms with Crippen molar-refractivity contribution in [2.24, 2.45) is 7.05 Å². The number of carbonyl (C=O) groups excluding carboxylic acids is 2. The van der Waals surface area contributed by atoms with Crippen LogP contribution in [0.5, 0.6) is 0 Å². The fraction of sp³-hybridized carbons (Fsp3) is 0.368. The number of ether oxygens (including phenoxy) is 1. The third-order valence-corrected chi connectivity index (χ3v) is 4.46. The molecule has 0 saturated heterocycles. The molecule has 148 valence electrons. The van der Waals surface area contributed by atoms with Crippen molar-refractivity contribution in [1.82, 2.24) is 9.88 Å². The standard InChI is InChI=1S/C19H22N4O5/c1-23-11-12(14-5-3-4-6-16(14)23)9-17(28-2)18(25)22-15(19(26)27)8-7-13(24)10-21-20/h3-6,10-11,15,17H,7-9H2,1-2H3,(H,22,25)(H,26,27)/t15-,17-/m0/s1. The lowest BCUT2D eigenvalue weighted by atomic mass is 10.0. The van der Waals surface area contributed by atoms with Gasteiger partial charge < -0.3 is 25.3 Å². The molecule has 0 aliphatic carbocycles. The van der Waals surface area contributed by atoms with Crippen LogP contribution in [0, 0.1) is 0 Å². The maximum absolute atomic E-state index is 12.5. The molecule has 2 atom stereocenters. The number of rotatable bonds is 10. The van der Waals surface area contributed by atoms with E-state index in [0.717, 1.165) is 16.5 Å². The predicted octanol–water partition coefficient (Wildman–Crippen LogP) is 0.955. The number of aryl methyl sites for hydroxylation is 1. The molecule has 0 spiro atoms. The Morgan fingerprint density at radius 2 is 2.07 bits per heavy atom. The monoisotopic (exact) mass is 386 g/mol. The number of aromatic nitrogens is 1. The third kappa shape index (κ3) is 5.12. The molecule has 9 nitrogen and oxygen atoms in total. The minimum Gasteiger partial charge on any atom is -0.480 e. The van der Waals surface area contributed by atoms with Crippen molar-refractivity contribution in [1.29, 1.82) is 0 Å². The fourth-order valence-electron chi connectivity index (χ4n) is 3.01. The average Bonchev–Trinajstić information content (AvgIpc) is 2.99. The van der Waals surface area contributed by atoms with Crippen LogP contribution in [0.15, 0.2) is 30.5 Å². The van der Waals surface area contributed by atoms with Gasteiger partial charge in [0.05, 0.1) is 0 Å². The number of nitrogens with zero attached hydrogens (tertiary/aromatic N) is 3. The summed E-state index contributed by atoms with van der Waals surface area (Å²) in [5.41, 5.74) is 10.2. The molecule has 0 radical (unpaired) electrons. The fourth-order valence-corrected chi connectivity index (χ4v) is 3.01. The summed E-state index contributed by atoms with van der Waals surface area (Å²) >= 11 is 0. The highest BCUT2D eigenvalue weighted by atomic mass is 16.5. The summed E-state index contributed by atoms with van der Waals surface area (Å²) < 4.78 is 7.23. The number of para-hydroxylation sites is 1. The molecule has 0 bridgehead atoms. The van der Waals surface area contributed by atoms with Crippen LogP contribution in [-0.2, 0) is 32.6 Å². The van der Waals surface area contributed by atoms with E-state index in [1.54, 1.807) is 0 Å². The van der Waals surface area contributed by atoms with Gasteiger partial charge in [-0.1, -0.05) is 18.2 Å². The molecule has 9 heteroatoms. The molecule has 28 heavy (non-hydrogen) atoms. The summed E-state index contributed by atoms with van der Waals surface area (Å²) in [6.45, 7) is 0. The lowest BCUT2D eigenvalue weighted by molar-refractivity contribution is -0.144. The smallest absolute Gasteiger partial charge is 0.326 e. The van der Waals surface area contributed by atoms with Crippen molar-refractivity contribution in [3.8, 4) is 0 Å². The number of ketones is 1. The molecule has 2 N–H and O–H groups in total. The Morgan fingerprint density at radius 3 is 2.71 bits per heavy atom. The number of methoxy groups -OCH3 is 1. The van der Waals surface area contributed by atoms with Crippen LogP contribution >= 0.6 is 0 Å². The van der Waals surface area contributed by atoms with E-state index < -0.39 is 29.8 Å². The zero-order valence-electron chi connectivity index (χ0n) is 15.7. The van der Waals surface area contributed by atoms with Gasteiger partial charge in [0.15, 0.2) is 0 Å². The lowest BCUT2D eigenvalue weighted by Gasteiger charge is -2.19. The van der Waals surface area contributed by atoms with E-state index in [0.29, 0.717) is 6.21 Å². The van der Waals surface area contributed by atoms with Crippen LogP contribution in [0.3, 0.4) is 0 Å². The zero-order chi connectivity index (χ0) is 20.7. The van der Waals surface area contributed by atoms with E-state index in [-0.39, 0.29) is 19.3 Å². The van der Waals surface area contributed by atoms with Crippen LogP contribution in [-0.4, -0.2) is 57.6 Å². The summed E-state index contributed by atoms with van der Waals surface area (Å²) in [5.74, 6) is -2.38. The highest BCUT2D eigenvalue weighted by Gasteiger charge is 2.27. The lowest BCUT2D eigenvalue weighted by Crippen LogP contribution is -2.46. The van der Waals surface area contributed by atoms with Gasteiger partial charge in [-0.3, -0.25) is 9.59 Å². The second kappa shape index (κ2) is 9.59. The first-order valence-electron chi connectivity index (χ1n) is 8.66. The molecular formula is C19H22N4O5. The van der Waals surface area contributed by atoms with Crippen LogP contribution in [0.4, 0.5) is 0 Å². The second-order valence-electron chi connectivity index (χ2n) is 6.36. The van der Waals surface area contributed by atoms with E-state index in [2.05, 4.69) is 10.1 Å². The molecule has 0 fully saturated rings. The Labute approximate surface area is 161 Å². The van der Waals surface area contributed by atoms with Gasteiger partial charge in [0, 0.05) is 44.1 Å². The minimum absolute atomic E-state index is 0.128. The summed E-state index contributed by atoms with van der Waals surface area (Å²) in [6.07, 6.45) is 1.68. The quantitative estimate of drug-likeness (QED) is 0.356. The minimum atomic E-state index is -1.26. The zero-order valence-corrected chi connectivity index (χ0v) is 15.7. The maximum Gasteiger partial charge on any atom is 0.326 e. The van der Waals surface area contributed by atoms with Crippen molar-refractivity contribution in [3.63, 3.8) is 0 Å². The van der Waals surface area contributed by atoms with Crippen LogP contribution in [0.1, 0.15) is 18.4 Å². The van der Waals surface area contributed by atoms with E-state index >= 15 is 0 Å². The highest BCUT2D eigenvalue weighted by molar-refractivity contribution is 6.25. The van der Waals surface area contributed by atoms with Gasteiger partial charge in [0.2, 0.25) is 11.7 Å². The normalized spacial score (nSPS) is 12.8. The number of aliphatic carboxylic acids is 1. The highest BCUT2D eigenvalue weighted by Crippen LogP contribution is 2.22. The number of carboxylic acids is 1. The first kappa shape index (κ1) is 21.0. The summed E-state index contributed by atoms with van der Waals surface area (Å²) in [4.78, 5) is 37.9. The van der Waals surface area contributed by atoms with Crippen LogP contribution in [0.2, 0.25) is 0 Å². The first-order chi connectivity index (χ1) is 13.4. The molecule has 0 aliphatic rings. The molecule has 0 aliphatic heterocycles. The molecule has 2 aromatic rings. The molecule has 0 unspecified atom stereocenters. The van der Waals surface area contributed by atoms with E-state index in [9.17, 15) is 19.5 Å². The van der Waals surface area contributed by atoms with Gasteiger partial charge >= 0.3 is 12.2 Å². The number of carbonyl (C=O) groups is 3. The van der Waals surface area contributed by atoms with Crippen molar-refractivity contribution < 1.29 is 29.0 Å². The van der Waals surface area contributed by atoms with Gasteiger partial charge in [-0.25, -0.2) is 4.79 Å². The van der Waals surface area contributed by atoms with Gasteiger partial charge in [-0.05, 0) is 18.1 Å². The van der Waals surface area contributed by atoms with Crippen LogP contribution in [0.25, 0.3) is 16.4 Å². The Balaban J connectivity index is 2.09. The molecule has 1 heterocycles. The predicted molar refractivity (Wildman–Crippen MR) is 101 cm³/mol. The Morgan fingerprint density at radius 1 is 1.36 bits per heavy atom. The maximum atomic E-state index is 12.5. The number of amides is 1. The summed E-state index contributed by atoms with van der Waals surface area (Å²) in [7, 11) is 3.28. The Kier molecular flexibility index (Phi) is 7.20. The third-order valence-electron chi connectivity index (χ3n) is 4.46. The summed E-state index contributed by atoms with van der Waals surface area (Å²) in [5, 5.41) is 12.7. The molecule has 1 aromatic heterocycles. The molecule has 1 aromatic carbocycles. The average molecular weight is 386 g/mol. The van der Waals surface area contributed by atoms with E-state index in [4.69, 9.17) is 10.3 Å². The molecule has 2 rings (SSSR count). The number of hydrogen-bond acceptors (Lipinski definition) is 4. The van der Waals surface area contributed by atoms with Gasteiger partial charge in [0.1, 0.15) is 12.1 Å². The van der Waals surface area contributed by atoms with Gasteiger partial charge in [-0.15, -0.1) is 0 Å². The molecular weight excluding hydrogens is 364 g/mol. The van der Waals surface area contributed by atoms with E-state index in [1.807, 2.05) is 42.1 Å². The van der Waals surface area contributed by atoms with Crippen molar-refractivity contribution >= 4 is 34.8 Å². The number of fused-ring (bicyclic) bond motifs is 1. The number of carboxylic acid groups (broad SMARTS) is 1. The Bertz CT molecular complexity index is 930. The summed E-state index contributed by atoms with van der Waals surface area (Å²) in [6, 6.07) is 6.49. The molecule has 0 saturated carbocycles. The van der Waals surface area contributed by atoms with Crippen molar-refractivity contribution in [2.75, 3.05) is 7.11 Å². The number of hydrogen-bond donors (Lipinski definition) is 2.